The fraction of sp³-hybridized carbons (Fsp3) is 0.440. The van der Waals surface area contributed by atoms with Crippen molar-refractivity contribution in [2.24, 2.45) is 0 Å². The van der Waals surface area contributed by atoms with E-state index in [9.17, 15) is 22.8 Å². The molecule has 0 spiro atoms. The molecule has 0 atom stereocenters. The molecular formula is C25H29F3N4O4. The van der Waals surface area contributed by atoms with Gasteiger partial charge in [-0.3, -0.25) is 24.9 Å². The Bertz CT molecular complexity index is 1070. The van der Waals surface area contributed by atoms with Crippen LogP contribution in [0, 0.1) is 0 Å². The number of carbonyl (C=O) groups excluding carboxylic acids is 2. The summed E-state index contributed by atoms with van der Waals surface area (Å²) < 4.78 is 39.2. The highest BCUT2D eigenvalue weighted by Gasteiger charge is 2.36. The lowest BCUT2D eigenvalue weighted by Gasteiger charge is -2.46. The van der Waals surface area contributed by atoms with Crippen LogP contribution in [0.25, 0.3) is 0 Å². The molecule has 8 nitrogen and oxygen atoms in total. The van der Waals surface area contributed by atoms with Gasteiger partial charge < -0.3 is 10.6 Å². The average molecular weight is 507 g/mol. The van der Waals surface area contributed by atoms with Crippen molar-refractivity contribution < 1.29 is 33.2 Å². The normalized spacial score (nSPS) is 20.9. The molecule has 11 heteroatoms. The summed E-state index contributed by atoms with van der Waals surface area (Å²) in [4.78, 5) is 26.9. The molecule has 0 radical (unpaired) electrons. The number of halogens is 3. The average Bonchev–Trinajstić information content (AvgIpc) is 2.84. The Labute approximate surface area is 206 Å². The van der Waals surface area contributed by atoms with Crippen LogP contribution in [-0.2, 0) is 11.0 Å². The molecule has 1 aliphatic heterocycles. The summed E-state index contributed by atoms with van der Waals surface area (Å²) in [5.74, 6) is -0.794. The summed E-state index contributed by atoms with van der Waals surface area (Å²) in [5, 5.41) is 22.7. The lowest BCUT2D eigenvalue weighted by Crippen LogP contribution is -2.63. The molecule has 4 rings (SSSR count). The van der Waals surface area contributed by atoms with Gasteiger partial charge in [-0.15, -0.1) is 5.23 Å². The van der Waals surface area contributed by atoms with E-state index in [0.29, 0.717) is 24.1 Å². The predicted molar refractivity (Wildman–Crippen MR) is 125 cm³/mol. The maximum Gasteiger partial charge on any atom is 0.416 e. The van der Waals surface area contributed by atoms with Crippen molar-refractivity contribution in [2.75, 3.05) is 24.9 Å². The molecular weight excluding hydrogens is 477 g/mol. The number of likely N-dealkylation sites (tertiary alicyclic amines) is 1. The van der Waals surface area contributed by atoms with Gasteiger partial charge in [0.25, 0.3) is 5.91 Å². The molecule has 2 aliphatic rings. The van der Waals surface area contributed by atoms with E-state index in [1.165, 1.54) is 5.56 Å². The van der Waals surface area contributed by atoms with Gasteiger partial charge in [-0.25, -0.2) is 0 Å². The molecule has 2 aromatic carbocycles. The number of anilines is 1. The maximum atomic E-state index is 13.1. The Morgan fingerprint density at radius 2 is 1.67 bits per heavy atom. The third-order valence-electron chi connectivity index (χ3n) is 6.91. The van der Waals surface area contributed by atoms with Crippen LogP contribution in [0.1, 0.15) is 53.1 Å². The van der Waals surface area contributed by atoms with E-state index in [1.807, 2.05) is 6.07 Å². The molecule has 0 bridgehead atoms. The van der Waals surface area contributed by atoms with Crippen LogP contribution >= 0.6 is 0 Å². The van der Waals surface area contributed by atoms with E-state index in [-0.39, 0.29) is 6.04 Å². The monoisotopic (exact) mass is 506 g/mol. The van der Waals surface area contributed by atoms with Gasteiger partial charge in [0.05, 0.1) is 23.8 Å². The van der Waals surface area contributed by atoms with Crippen molar-refractivity contribution in [2.45, 2.75) is 49.9 Å². The van der Waals surface area contributed by atoms with Crippen molar-refractivity contribution in [3.8, 4) is 0 Å². The number of hydrogen-bond donors (Lipinski definition) is 4. The number of amides is 2. The highest BCUT2D eigenvalue weighted by atomic mass is 19.4. The number of hydrogen-bond acceptors (Lipinski definition) is 6. The van der Waals surface area contributed by atoms with Crippen LogP contribution in [0.2, 0.25) is 0 Å². The molecule has 2 aromatic rings. The fourth-order valence-corrected chi connectivity index (χ4v) is 4.96. The van der Waals surface area contributed by atoms with E-state index in [1.54, 1.807) is 0 Å². The summed E-state index contributed by atoms with van der Waals surface area (Å²) in [6.07, 6.45) is -0.316. The van der Waals surface area contributed by atoms with Gasteiger partial charge >= 0.3 is 6.18 Å². The van der Waals surface area contributed by atoms with Crippen molar-refractivity contribution >= 4 is 17.5 Å². The molecule has 2 fully saturated rings. The maximum absolute atomic E-state index is 13.1. The fourth-order valence-electron chi connectivity index (χ4n) is 4.96. The van der Waals surface area contributed by atoms with Gasteiger partial charge in [0.1, 0.15) is 0 Å². The molecule has 1 saturated carbocycles. The topological polar surface area (TPSA) is 105 Å². The van der Waals surface area contributed by atoms with E-state index in [4.69, 9.17) is 10.4 Å². The Morgan fingerprint density at radius 3 is 2.28 bits per heavy atom. The number of carbonyl (C=O) groups is 2. The minimum absolute atomic E-state index is 0.0428. The van der Waals surface area contributed by atoms with Crippen LogP contribution in [0.4, 0.5) is 18.9 Å². The van der Waals surface area contributed by atoms with Crippen LogP contribution in [0.5, 0.6) is 0 Å². The van der Waals surface area contributed by atoms with Crippen LogP contribution in [0.15, 0.2) is 48.5 Å². The van der Waals surface area contributed by atoms with Gasteiger partial charge in [-0.05, 0) is 55.4 Å². The first-order valence-corrected chi connectivity index (χ1v) is 11.9. The van der Waals surface area contributed by atoms with Gasteiger partial charge in [0.2, 0.25) is 5.91 Å². The second-order valence-corrected chi connectivity index (χ2v) is 9.37. The third-order valence-corrected chi connectivity index (χ3v) is 6.91. The minimum atomic E-state index is -4.80. The van der Waals surface area contributed by atoms with E-state index in [0.717, 1.165) is 44.8 Å². The quantitative estimate of drug-likeness (QED) is 0.428. The van der Waals surface area contributed by atoms with Gasteiger partial charge in [-0.1, -0.05) is 30.3 Å². The van der Waals surface area contributed by atoms with E-state index in [2.05, 4.69) is 39.8 Å². The van der Waals surface area contributed by atoms with Crippen LogP contribution in [-0.4, -0.2) is 58.8 Å². The highest BCUT2D eigenvalue weighted by molar-refractivity contribution is 5.97. The zero-order valence-corrected chi connectivity index (χ0v) is 19.5. The zero-order chi connectivity index (χ0) is 25.9. The Morgan fingerprint density at radius 1 is 1.00 bits per heavy atom. The van der Waals surface area contributed by atoms with Crippen molar-refractivity contribution in [3.05, 3.63) is 65.2 Å². The zero-order valence-electron chi connectivity index (χ0n) is 19.5. The second kappa shape index (κ2) is 10.9. The van der Waals surface area contributed by atoms with Crippen LogP contribution < -0.4 is 15.9 Å². The minimum Gasteiger partial charge on any atom is -0.349 e. The number of rotatable bonds is 7. The highest BCUT2D eigenvalue weighted by Crippen LogP contribution is 2.36. The summed E-state index contributed by atoms with van der Waals surface area (Å²) in [6.45, 7) is 1.03. The van der Waals surface area contributed by atoms with Gasteiger partial charge in [-0.2, -0.15) is 13.2 Å². The first kappa shape index (κ1) is 25.9. The van der Waals surface area contributed by atoms with E-state index >= 15 is 0 Å². The number of nitrogens with one attached hydrogen (secondary N) is 2. The van der Waals surface area contributed by atoms with Crippen molar-refractivity contribution in [3.63, 3.8) is 0 Å². The molecule has 194 valence electrons. The lowest BCUT2D eigenvalue weighted by atomic mass is 9.80. The Hall–Kier alpha value is -3.15. The standard InChI is InChI=1S/C25H29F3N4O4/c26-25(27,28)19-10-18(11-22(12-19)32(35)36)24(34)29-13-23(33)30-20-14-31(15-20)21-8-6-17(7-9-21)16-4-2-1-3-5-16/h1-5,10-12,17,20-21,35-36H,6-9,13-15H2,(H,29,34)(H,30,33). The van der Waals surface area contributed by atoms with E-state index < -0.39 is 46.6 Å². The molecule has 1 aliphatic carbocycles. The molecule has 1 saturated heterocycles. The largest absolute Gasteiger partial charge is 0.416 e. The summed E-state index contributed by atoms with van der Waals surface area (Å²) >= 11 is 0. The van der Waals surface area contributed by atoms with Crippen molar-refractivity contribution in [1.29, 1.82) is 0 Å². The Balaban J connectivity index is 1.20. The number of alkyl halides is 3. The Kier molecular flexibility index (Phi) is 7.82. The molecule has 0 aromatic heterocycles. The third kappa shape index (κ3) is 6.34. The second-order valence-electron chi connectivity index (χ2n) is 9.37. The summed E-state index contributed by atoms with van der Waals surface area (Å²) in [5.41, 5.74) is -0.929. The molecule has 2 amide bonds. The number of benzene rings is 2. The smallest absolute Gasteiger partial charge is 0.349 e. The number of nitrogens with zero attached hydrogens (tertiary/aromatic N) is 2. The first-order chi connectivity index (χ1) is 17.1. The van der Waals surface area contributed by atoms with Gasteiger partial charge in [0.15, 0.2) is 0 Å². The van der Waals surface area contributed by atoms with Crippen molar-refractivity contribution in [1.82, 2.24) is 15.5 Å². The first-order valence-electron chi connectivity index (χ1n) is 11.9. The summed E-state index contributed by atoms with van der Waals surface area (Å²) in [7, 11) is 0. The van der Waals surface area contributed by atoms with Crippen LogP contribution in [0.3, 0.4) is 0 Å². The van der Waals surface area contributed by atoms with Gasteiger partial charge in [0, 0.05) is 24.7 Å². The molecule has 36 heavy (non-hydrogen) atoms. The lowest BCUT2D eigenvalue weighted by molar-refractivity contribution is -0.137. The molecule has 1 heterocycles. The molecule has 4 N–H and O–H groups in total. The molecule has 0 unspecified atom stereocenters. The SMILES string of the molecule is O=C(CNC(=O)c1cc(N(O)O)cc(C(F)(F)F)c1)NC1CN(C2CCC(c3ccccc3)CC2)C1. The predicted octanol–water partition coefficient (Wildman–Crippen LogP) is 3.55. The summed E-state index contributed by atoms with van der Waals surface area (Å²) in [6, 6.07) is 12.9.